The molecule has 3 heterocycles. The van der Waals surface area contributed by atoms with Crippen LogP contribution in [0.3, 0.4) is 0 Å². The van der Waals surface area contributed by atoms with Crippen LogP contribution in [-0.2, 0) is 17.7 Å². The molecule has 0 bridgehead atoms. The average Bonchev–Trinajstić information content (AvgIpc) is 2.89. The monoisotopic (exact) mass is 488 g/mol. The minimum absolute atomic E-state index is 0.223. The van der Waals surface area contributed by atoms with Crippen molar-refractivity contribution < 1.29 is 14.3 Å². The Hall–Kier alpha value is -3.69. The van der Waals surface area contributed by atoms with Crippen LogP contribution >= 0.6 is 0 Å². The van der Waals surface area contributed by atoms with Gasteiger partial charge in [0.2, 0.25) is 5.95 Å². The number of amides is 1. The Balaban J connectivity index is 1.46. The first-order valence-electron chi connectivity index (χ1n) is 12.3. The lowest BCUT2D eigenvalue weighted by Crippen LogP contribution is -2.26. The molecule has 0 aliphatic carbocycles. The van der Waals surface area contributed by atoms with Gasteiger partial charge in [0.25, 0.3) is 5.91 Å². The van der Waals surface area contributed by atoms with Crippen LogP contribution in [0.2, 0.25) is 0 Å². The molecule has 36 heavy (non-hydrogen) atoms. The molecule has 1 saturated heterocycles. The quantitative estimate of drug-likeness (QED) is 0.458. The van der Waals surface area contributed by atoms with Crippen molar-refractivity contribution >= 4 is 29.0 Å². The van der Waals surface area contributed by atoms with E-state index >= 15 is 0 Å². The van der Waals surface area contributed by atoms with E-state index in [-0.39, 0.29) is 5.56 Å². The highest BCUT2D eigenvalue weighted by Crippen LogP contribution is 2.35. The topological polar surface area (TPSA) is 115 Å². The fourth-order valence-electron chi connectivity index (χ4n) is 4.94. The number of para-hydroxylation sites is 1. The predicted octanol–water partition coefficient (Wildman–Crippen LogP) is 3.95. The molecule has 0 atom stereocenters. The summed E-state index contributed by atoms with van der Waals surface area (Å²) in [5.41, 5.74) is 11.3. The number of nitrogens with one attached hydrogen (secondary N) is 2. The highest BCUT2D eigenvalue weighted by atomic mass is 16.5. The summed E-state index contributed by atoms with van der Waals surface area (Å²) < 4.78 is 11.2. The van der Waals surface area contributed by atoms with Crippen LogP contribution in [0.1, 0.15) is 45.8 Å². The van der Waals surface area contributed by atoms with Crippen molar-refractivity contribution in [3.05, 3.63) is 64.8 Å². The number of carbonyl (C=O) groups excluding carboxylic acids is 1. The number of rotatable bonds is 7. The lowest BCUT2D eigenvalue weighted by Gasteiger charge is -2.26. The van der Waals surface area contributed by atoms with E-state index in [0.717, 1.165) is 62.7 Å². The van der Waals surface area contributed by atoms with E-state index in [4.69, 9.17) is 15.2 Å². The summed E-state index contributed by atoms with van der Waals surface area (Å²) in [4.78, 5) is 23.5. The fraction of sp³-hybridized carbons (Fsp3) is 0.370. The van der Waals surface area contributed by atoms with Crippen molar-refractivity contribution in [2.24, 2.45) is 5.73 Å². The van der Waals surface area contributed by atoms with Gasteiger partial charge in [-0.15, -0.1) is 0 Å². The first-order chi connectivity index (χ1) is 17.5. The van der Waals surface area contributed by atoms with E-state index in [0.29, 0.717) is 17.7 Å². The lowest BCUT2D eigenvalue weighted by molar-refractivity contribution is 0.0854. The van der Waals surface area contributed by atoms with Crippen LogP contribution in [-0.4, -0.2) is 54.7 Å². The zero-order valence-electron chi connectivity index (χ0n) is 20.7. The predicted molar refractivity (Wildman–Crippen MR) is 139 cm³/mol. The van der Waals surface area contributed by atoms with Crippen molar-refractivity contribution in [2.45, 2.75) is 31.7 Å². The van der Waals surface area contributed by atoms with Crippen LogP contribution in [0.15, 0.2) is 42.6 Å². The summed E-state index contributed by atoms with van der Waals surface area (Å²) >= 11 is 0. The van der Waals surface area contributed by atoms with Gasteiger partial charge < -0.3 is 30.7 Å². The number of carbonyl (C=O) groups is 1. The Labute approximate surface area is 211 Å². The molecule has 1 aromatic heterocycles. The third-order valence-electron chi connectivity index (χ3n) is 6.90. The Kier molecular flexibility index (Phi) is 7.02. The Bertz CT molecular complexity index is 1260. The maximum Gasteiger partial charge on any atom is 0.254 e. The molecular formula is C27H32N6O3. The maximum absolute atomic E-state index is 12.2. The van der Waals surface area contributed by atoms with Gasteiger partial charge in [0.15, 0.2) is 0 Å². The van der Waals surface area contributed by atoms with Crippen LogP contribution in [0, 0.1) is 0 Å². The summed E-state index contributed by atoms with van der Waals surface area (Å²) in [5, 5.41) is 6.64. The van der Waals surface area contributed by atoms with Gasteiger partial charge in [0.1, 0.15) is 17.1 Å². The van der Waals surface area contributed by atoms with Crippen LogP contribution in [0.25, 0.3) is 0 Å². The molecule has 0 unspecified atom stereocenters. The van der Waals surface area contributed by atoms with Gasteiger partial charge >= 0.3 is 0 Å². The van der Waals surface area contributed by atoms with E-state index in [1.165, 1.54) is 22.9 Å². The molecular weight excluding hydrogens is 456 g/mol. The zero-order valence-corrected chi connectivity index (χ0v) is 20.7. The minimum Gasteiger partial charge on any atom is -0.495 e. The summed E-state index contributed by atoms with van der Waals surface area (Å²) in [6.45, 7) is 3.37. The van der Waals surface area contributed by atoms with E-state index in [2.05, 4.69) is 50.7 Å². The van der Waals surface area contributed by atoms with Gasteiger partial charge in [0.05, 0.1) is 12.8 Å². The number of hydrogen-bond donors (Lipinski definition) is 3. The normalized spacial score (nSPS) is 16.3. The van der Waals surface area contributed by atoms with E-state index in [1.807, 2.05) is 18.2 Å². The van der Waals surface area contributed by atoms with Gasteiger partial charge in [-0.1, -0.05) is 18.2 Å². The van der Waals surface area contributed by atoms with E-state index in [9.17, 15) is 4.79 Å². The molecule has 188 valence electrons. The molecule has 1 amide bonds. The fourth-order valence-corrected chi connectivity index (χ4v) is 4.94. The molecule has 4 N–H and O–H groups in total. The molecule has 2 aliphatic rings. The van der Waals surface area contributed by atoms with Crippen molar-refractivity contribution in [1.82, 2.24) is 14.9 Å². The van der Waals surface area contributed by atoms with Crippen LogP contribution < -0.4 is 21.1 Å². The van der Waals surface area contributed by atoms with Gasteiger partial charge in [-0.05, 0) is 67.1 Å². The van der Waals surface area contributed by atoms with E-state index in [1.54, 1.807) is 7.11 Å². The molecule has 2 aliphatic heterocycles. The number of primary amides is 1. The summed E-state index contributed by atoms with van der Waals surface area (Å²) in [6.07, 6.45) is 4.33. The first-order valence-corrected chi connectivity index (χ1v) is 12.3. The molecule has 2 aromatic carbocycles. The highest BCUT2D eigenvalue weighted by molar-refractivity contribution is 5.98. The second kappa shape index (κ2) is 10.5. The molecule has 1 fully saturated rings. The number of benzene rings is 2. The van der Waals surface area contributed by atoms with Crippen molar-refractivity contribution in [3.63, 3.8) is 0 Å². The lowest BCUT2D eigenvalue weighted by atomic mass is 9.90. The number of ether oxygens (including phenoxy) is 2. The summed E-state index contributed by atoms with van der Waals surface area (Å²) in [5.74, 6) is 1.20. The smallest absolute Gasteiger partial charge is 0.254 e. The van der Waals surface area contributed by atoms with Crippen LogP contribution in [0.4, 0.5) is 23.1 Å². The molecule has 3 aromatic rings. The second-order valence-electron chi connectivity index (χ2n) is 9.35. The highest BCUT2D eigenvalue weighted by Gasteiger charge is 2.21. The third kappa shape index (κ3) is 5.12. The number of aromatic nitrogens is 2. The average molecular weight is 489 g/mol. The molecule has 0 spiro atoms. The molecule has 0 radical (unpaired) electrons. The molecule has 9 nitrogen and oxygen atoms in total. The molecule has 5 rings (SSSR count). The number of nitrogens with zero attached hydrogens (tertiary/aromatic N) is 3. The second-order valence-corrected chi connectivity index (χ2v) is 9.35. The van der Waals surface area contributed by atoms with Crippen molar-refractivity contribution in [2.75, 3.05) is 44.5 Å². The summed E-state index contributed by atoms with van der Waals surface area (Å²) in [7, 11) is 3.77. The van der Waals surface area contributed by atoms with Crippen molar-refractivity contribution in [3.8, 4) is 5.75 Å². The largest absolute Gasteiger partial charge is 0.495 e. The number of anilines is 4. The number of methoxy groups -OCH3 is 1. The number of nitrogens with two attached hydrogens (primary N) is 1. The number of fused-ring (bicyclic) bond motifs is 1. The van der Waals surface area contributed by atoms with E-state index < -0.39 is 5.91 Å². The molecule has 9 heteroatoms. The Morgan fingerprint density at radius 2 is 1.94 bits per heavy atom. The van der Waals surface area contributed by atoms with Gasteiger partial charge in [0, 0.05) is 38.2 Å². The minimum atomic E-state index is -0.595. The van der Waals surface area contributed by atoms with Gasteiger partial charge in [-0.3, -0.25) is 4.79 Å². The van der Waals surface area contributed by atoms with Gasteiger partial charge in [-0.25, -0.2) is 4.98 Å². The van der Waals surface area contributed by atoms with Crippen molar-refractivity contribution in [1.29, 1.82) is 0 Å². The van der Waals surface area contributed by atoms with Gasteiger partial charge in [-0.2, -0.15) is 4.98 Å². The zero-order chi connectivity index (χ0) is 25.1. The standard InChI is InChI=1S/C27H32N6O3/c1-33-10-7-18-14-24(35-2)23(13-19(18)16-33)31-27-29-15-21(25(28)34)26(32-27)30-22-6-4-3-5-20(22)17-8-11-36-12-9-17/h3-6,13-15,17H,7-12,16H2,1-2H3,(H2,28,34)(H2,29,30,31,32). The maximum atomic E-state index is 12.2. The number of likely N-dealkylation sites (N-methyl/N-ethyl adjacent to an activating group) is 1. The first kappa shape index (κ1) is 24.0. The molecule has 0 saturated carbocycles. The Morgan fingerprint density at radius 1 is 1.14 bits per heavy atom. The third-order valence-corrected chi connectivity index (χ3v) is 6.90. The Morgan fingerprint density at radius 3 is 2.72 bits per heavy atom. The summed E-state index contributed by atoms with van der Waals surface area (Å²) in [6, 6.07) is 12.3. The SMILES string of the molecule is COc1cc2c(cc1Nc1ncc(C(N)=O)c(Nc3ccccc3C3CCOCC3)n1)CN(C)CC2. The number of hydrogen-bond acceptors (Lipinski definition) is 8. The van der Waals surface area contributed by atoms with Crippen LogP contribution in [0.5, 0.6) is 5.75 Å².